The number of phosphoric ester groups is 1. The van der Waals surface area contributed by atoms with Gasteiger partial charge in [0.05, 0.1) is 19.3 Å². The van der Waals surface area contributed by atoms with Gasteiger partial charge in [-0.15, -0.1) is 0 Å². The molecule has 0 rings (SSSR count). The lowest BCUT2D eigenvalue weighted by atomic mass is 10.0. The fraction of sp³-hybridized carbons (Fsp3) is 0.778. The topological polar surface area (TPSA) is 155 Å². The van der Waals surface area contributed by atoms with Gasteiger partial charge in [0.2, 0.25) is 0 Å². The number of unbranched alkanes of at least 4 members (excludes halogenated alkanes) is 20. The van der Waals surface area contributed by atoms with Crippen molar-refractivity contribution in [3.05, 3.63) is 48.6 Å². The molecule has 0 aliphatic carbocycles. The third-order valence-electron chi connectivity index (χ3n) is 9.30. The number of aliphatic hydroxyl groups excluding tert-OH is 1. The van der Waals surface area contributed by atoms with Crippen LogP contribution < -0.4 is 5.73 Å². The van der Waals surface area contributed by atoms with E-state index < -0.39 is 38.6 Å². The zero-order chi connectivity index (χ0) is 41.2. The summed E-state index contributed by atoms with van der Waals surface area (Å²) in [5.74, 6) is -0.955. The zero-order valence-electron chi connectivity index (χ0n) is 35.5. The van der Waals surface area contributed by atoms with E-state index >= 15 is 0 Å². The minimum absolute atomic E-state index is 0.0336. The monoisotopic (exact) mass is 812 g/mol. The predicted molar refractivity (Wildman–Crippen MR) is 230 cm³/mol. The Balaban J connectivity index is 4.30. The Hall–Kier alpha value is -2.07. The summed E-state index contributed by atoms with van der Waals surface area (Å²) in [7, 11) is -4.41. The molecule has 2 unspecified atom stereocenters. The van der Waals surface area contributed by atoms with Crippen molar-refractivity contribution in [2.45, 2.75) is 199 Å². The van der Waals surface area contributed by atoms with Crippen LogP contribution in [0.2, 0.25) is 0 Å². The molecule has 0 radical (unpaired) electrons. The van der Waals surface area contributed by atoms with Gasteiger partial charge < -0.3 is 25.2 Å². The Kier molecular flexibility index (Phi) is 39.6. The van der Waals surface area contributed by atoms with Crippen molar-refractivity contribution in [2.24, 2.45) is 5.73 Å². The molecule has 11 heteroatoms. The number of phosphoric acid groups is 1. The molecular weight excluding hydrogens is 729 g/mol. The molecule has 4 N–H and O–H groups in total. The first-order valence-corrected chi connectivity index (χ1v) is 23.7. The molecule has 0 aromatic carbocycles. The summed E-state index contributed by atoms with van der Waals surface area (Å²) in [5, 5.41) is 10.1. The van der Waals surface area contributed by atoms with Gasteiger partial charge in [0, 0.05) is 19.4 Å². The minimum Gasteiger partial charge on any atom is -0.462 e. The fourth-order valence-electron chi connectivity index (χ4n) is 5.94. The van der Waals surface area contributed by atoms with Gasteiger partial charge in [-0.3, -0.25) is 18.6 Å². The molecular formula is C45H82NO9P. The van der Waals surface area contributed by atoms with E-state index in [4.69, 9.17) is 24.3 Å². The van der Waals surface area contributed by atoms with Crippen LogP contribution in [0.4, 0.5) is 0 Å². The van der Waals surface area contributed by atoms with E-state index in [1.807, 2.05) is 18.2 Å². The Bertz CT molecular complexity index is 1080. The molecule has 10 nitrogen and oxygen atoms in total. The van der Waals surface area contributed by atoms with Gasteiger partial charge in [0.25, 0.3) is 0 Å². The highest BCUT2D eigenvalue weighted by atomic mass is 31.2. The number of hydrogen-bond acceptors (Lipinski definition) is 9. The lowest BCUT2D eigenvalue weighted by Crippen LogP contribution is -2.29. The maximum Gasteiger partial charge on any atom is 0.472 e. The lowest BCUT2D eigenvalue weighted by Gasteiger charge is -2.19. The molecule has 0 saturated carbocycles. The molecule has 0 heterocycles. The summed E-state index contributed by atoms with van der Waals surface area (Å²) < 4.78 is 32.7. The fourth-order valence-corrected chi connectivity index (χ4v) is 6.71. The van der Waals surface area contributed by atoms with Crippen LogP contribution in [0.15, 0.2) is 48.6 Å². The highest BCUT2D eigenvalue weighted by Gasteiger charge is 2.26. The van der Waals surface area contributed by atoms with E-state index in [2.05, 4.69) is 32.1 Å². The molecule has 0 bridgehead atoms. The largest absolute Gasteiger partial charge is 0.472 e. The molecule has 0 fully saturated rings. The summed E-state index contributed by atoms with van der Waals surface area (Å²) in [6.45, 7) is 3.55. The van der Waals surface area contributed by atoms with Crippen molar-refractivity contribution in [1.82, 2.24) is 0 Å². The van der Waals surface area contributed by atoms with Crippen LogP contribution in [0.5, 0.6) is 0 Å². The summed E-state index contributed by atoms with van der Waals surface area (Å²) in [6, 6.07) is 0. The van der Waals surface area contributed by atoms with Crippen molar-refractivity contribution in [1.29, 1.82) is 0 Å². The van der Waals surface area contributed by atoms with Gasteiger partial charge in [0.15, 0.2) is 6.10 Å². The summed E-state index contributed by atoms with van der Waals surface area (Å²) >= 11 is 0. The van der Waals surface area contributed by atoms with Crippen molar-refractivity contribution in [2.75, 3.05) is 26.4 Å². The third kappa shape index (κ3) is 40.1. The number of esters is 2. The number of allylic oxidation sites excluding steroid dienone is 6. The first-order valence-electron chi connectivity index (χ1n) is 22.2. The average molecular weight is 812 g/mol. The van der Waals surface area contributed by atoms with Gasteiger partial charge in [-0.1, -0.05) is 178 Å². The summed E-state index contributed by atoms with van der Waals surface area (Å²) in [4.78, 5) is 34.9. The van der Waals surface area contributed by atoms with Crippen LogP contribution in [0, 0.1) is 0 Å². The van der Waals surface area contributed by atoms with E-state index in [0.29, 0.717) is 25.7 Å². The Morgan fingerprint density at radius 3 is 1.77 bits per heavy atom. The van der Waals surface area contributed by atoms with Crippen LogP contribution >= 0.6 is 7.82 Å². The van der Waals surface area contributed by atoms with Crippen molar-refractivity contribution in [3.63, 3.8) is 0 Å². The smallest absolute Gasteiger partial charge is 0.462 e. The lowest BCUT2D eigenvalue weighted by molar-refractivity contribution is -0.161. The molecule has 0 aliphatic rings. The molecule has 56 heavy (non-hydrogen) atoms. The van der Waals surface area contributed by atoms with E-state index in [0.717, 1.165) is 32.1 Å². The van der Waals surface area contributed by atoms with Crippen LogP contribution in [0.3, 0.4) is 0 Å². The SMILES string of the molecule is CCCCC/C=C\C/C=C\CC(O)/C=C\C=C\CCCC(=O)OC[C@H](COP(=O)(O)OCCN)OC(=O)CCCCCCCCCCCCCCCCCCC. The van der Waals surface area contributed by atoms with Crippen LogP contribution in [-0.2, 0) is 32.7 Å². The summed E-state index contributed by atoms with van der Waals surface area (Å²) in [5.41, 5.74) is 5.34. The number of carbonyl (C=O) groups is 2. The van der Waals surface area contributed by atoms with Gasteiger partial charge in [-0.05, 0) is 44.9 Å². The Morgan fingerprint density at radius 2 is 1.16 bits per heavy atom. The Morgan fingerprint density at radius 1 is 0.625 bits per heavy atom. The van der Waals surface area contributed by atoms with Crippen molar-refractivity contribution in [3.8, 4) is 0 Å². The zero-order valence-corrected chi connectivity index (χ0v) is 36.4. The van der Waals surface area contributed by atoms with Gasteiger partial charge >= 0.3 is 19.8 Å². The van der Waals surface area contributed by atoms with E-state index in [-0.39, 0.29) is 32.6 Å². The Labute approximate surface area is 341 Å². The number of hydrogen-bond donors (Lipinski definition) is 3. The van der Waals surface area contributed by atoms with Gasteiger partial charge in [-0.25, -0.2) is 4.57 Å². The van der Waals surface area contributed by atoms with Crippen LogP contribution in [0.25, 0.3) is 0 Å². The molecule has 0 amide bonds. The third-order valence-corrected chi connectivity index (χ3v) is 10.3. The standard InChI is InChI=1S/C45H82NO9P/c1-3-5-7-9-11-13-14-15-16-17-18-19-20-22-24-28-33-37-45(49)55-43(41-54-56(50,51)53-39-38-46)40-52-44(48)36-32-29-25-27-31-35-42(47)34-30-26-23-21-12-10-8-6-4-2/h12,21,25-27,30-31,35,42-43,47H,3-11,13-20,22-24,28-29,32-34,36-41,46H2,1-2H3,(H,50,51)/b21-12-,27-25+,30-26-,35-31-/t42?,43-/m1/s1. The molecule has 0 aromatic rings. The average Bonchev–Trinajstić information content (AvgIpc) is 3.18. The number of aliphatic hydroxyl groups is 1. The molecule has 0 aromatic heterocycles. The van der Waals surface area contributed by atoms with E-state index in [1.165, 1.54) is 103 Å². The molecule has 0 spiro atoms. The van der Waals surface area contributed by atoms with E-state index in [1.54, 1.807) is 12.2 Å². The molecule has 0 aliphatic heterocycles. The number of rotatable bonds is 41. The highest BCUT2D eigenvalue weighted by Crippen LogP contribution is 2.43. The first kappa shape index (κ1) is 53.9. The predicted octanol–water partition coefficient (Wildman–Crippen LogP) is 11.7. The maximum absolute atomic E-state index is 12.6. The second-order valence-corrected chi connectivity index (χ2v) is 16.2. The van der Waals surface area contributed by atoms with Crippen LogP contribution in [0.1, 0.15) is 187 Å². The number of ether oxygens (including phenoxy) is 2. The summed E-state index contributed by atoms with van der Waals surface area (Å²) in [6.07, 6.45) is 43.1. The molecule has 3 atom stereocenters. The molecule has 326 valence electrons. The van der Waals surface area contributed by atoms with Crippen LogP contribution in [-0.4, -0.2) is 60.5 Å². The number of carbonyl (C=O) groups excluding carboxylic acids is 2. The second kappa shape index (κ2) is 41.1. The van der Waals surface area contributed by atoms with Gasteiger partial charge in [-0.2, -0.15) is 0 Å². The van der Waals surface area contributed by atoms with Crippen molar-refractivity contribution < 1.29 is 42.7 Å². The van der Waals surface area contributed by atoms with Crippen molar-refractivity contribution >= 4 is 19.8 Å². The van der Waals surface area contributed by atoms with Gasteiger partial charge in [0.1, 0.15) is 6.61 Å². The highest BCUT2D eigenvalue weighted by molar-refractivity contribution is 7.47. The minimum atomic E-state index is -4.41. The quantitative estimate of drug-likeness (QED) is 0.0179. The molecule has 0 saturated heterocycles. The first-order chi connectivity index (χ1) is 27.2. The van der Waals surface area contributed by atoms with E-state index in [9.17, 15) is 24.2 Å². The number of nitrogens with two attached hydrogens (primary N) is 1. The normalized spacial score (nSPS) is 14.3. The second-order valence-electron chi connectivity index (χ2n) is 14.8. The maximum atomic E-state index is 12.6.